The molecule has 19 heavy (non-hydrogen) atoms. The molecule has 0 saturated carbocycles. The van der Waals surface area contributed by atoms with Gasteiger partial charge >= 0.3 is 0 Å². The number of aromatic nitrogens is 3. The summed E-state index contributed by atoms with van der Waals surface area (Å²) in [6, 6.07) is 2.05. The van der Waals surface area contributed by atoms with Crippen LogP contribution in [-0.2, 0) is 4.79 Å². The van der Waals surface area contributed by atoms with E-state index in [4.69, 9.17) is 0 Å². The van der Waals surface area contributed by atoms with Crippen LogP contribution in [0.4, 0.5) is 5.82 Å². The summed E-state index contributed by atoms with van der Waals surface area (Å²) in [7, 11) is 0. The fourth-order valence-corrected chi connectivity index (χ4v) is 2.25. The summed E-state index contributed by atoms with van der Waals surface area (Å²) in [6.07, 6.45) is 3.54. The minimum absolute atomic E-state index is 0.137. The number of rotatable bonds is 1. The van der Waals surface area contributed by atoms with Gasteiger partial charge in [-0.15, -0.1) is 0 Å². The Labute approximate surface area is 110 Å². The molecule has 3 rings (SSSR count). The monoisotopic (exact) mass is 254 g/mol. The number of carbonyl (C=O) groups is 1. The lowest BCUT2D eigenvalue weighted by Crippen LogP contribution is -2.04. The van der Waals surface area contributed by atoms with E-state index >= 15 is 0 Å². The predicted molar refractivity (Wildman–Crippen MR) is 73.5 cm³/mol. The summed E-state index contributed by atoms with van der Waals surface area (Å²) in [5.41, 5.74) is 4.47. The van der Waals surface area contributed by atoms with Crippen molar-refractivity contribution in [1.82, 2.24) is 15.0 Å². The number of aromatic amines is 1. The third kappa shape index (κ3) is 1.93. The van der Waals surface area contributed by atoms with Gasteiger partial charge in [-0.3, -0.25) is 4.79 Å². The molecule has 0 atom stereocenters. The first-order valence-electron chi connectivity index (χ1n) is 6.08. The molecule has 2 aromatic heterocycles. The van der Waals surface area contributed by atoms with E-state index in [1.165, 1.54) is 0 Å². The highest BCUT2D eigenvalue weighted by atomic mass is 16.2. The number of carbonyl (C=O) groups excluding carboxylic acids is 1. The first-order chi connectivity index (χ1) is 9.04. The van der Waals surface area contributed by atoms with Crippen LogP contribution in [0.15, 0.2) is 12.3 Å². The van der Waals surface area contributed by atoms with Crippen molar-refractivity contribution in [3.63, 3.8) is 0 Å². The lowest BCUT2D eigenvalue weighted by molar-refractivity contribution is -0.110. The molecule has 1 amide bonds. The van der Waals surface area contributed by atoms with Crippen LogP contribution < -0.4 is 5.32 Å². The van der Waals surface area contributed by atoms with Gasteiger partial charge in [-0.1, -0.05) is 0 Å². The van der Waals surface area contributed by atoms with Gasteiger partial charge in [0.15, 0.2) is 0 Å². The van der Waals surface area contributed by atoms with Gasteiger partial charge in [0.1, 0.15) is 11.6 Å². The van der Waals surface area contributed by atoms with E-state index in [9.17, 15) is 4.79 Å². The van der Waals surface area contributed by atoms with Crippen LogP contribution in [0.2, 0.25) is 0 Å². The molecule has 0 radical (unpaired) electrons. The molecule has 96 valence electrons. The highest BCUT2D eigenvalue weighted by Gasteiger charge is 2.26. The average Bonchev–Trinajstić information content (AvgIpc) is 2.80. The highest BCUT2D eigenvalue weighted by molar-refractivity contribution is 6.34. The van der Waals surface area contributed by atoms with Crippen molar-refractivity contribution >= 4 is 23.4 Å². The smallest absolute Gasteiger partial charge is 0.257 e. The molecule has 0 aromatic carbocycles. The largest absolute Gasteiger partial charge is 0.359 e. The third-order valence-electron chi connectivity index (χ3n) is 3.15. The summed E-state index contributed by atoms with van der Waals surface area (Å²) in [5.74, 6) is 1.10. The van der Waals surface area contributed by atoms with Gasteiger partial charge in [0.2, 0.25) is 0 Å². The molecule has 0 unspecified atom stereocenters. The molecule has 3 heterocycles. The average molecular weight is 254 g/mol. The van der Waals surface area contributed by atoms with Gasteiger partial charge < -0.3 is 10.3 Å². The normalized spacial score (nSPS) is 15.7. The number of fused-ring (bicyclic) bond motifs is 1. The first kappa shape index (κ1) is 11.6. The van der Waals surface area contributed by atoms with Crippen molar-refractivity contribution in [3.05, 3.63) is 40.6 Å². The van der Waals surface area contributed by atoms with E-state index in [2.05, 4.69) is 20.3 Å². The molecule has 2 N–H and O–H groups in total. The number of anilines is 1. The highest BCUT2D eigenvalue weighted by Crippen LogP contribution is 2.31. The molecule has 0 spiro atoms. The van der Waals surface area contributed by atoms with Crippen molar-refractivity contribution in [2.24, 2.45) is 0 Å². The number of nitrogens with zero attached hydrogens (tertiary/aromatic N) is 2. The van der Waals surface area contributed by atoms with Crippen LogP contribution in [0.25, 0.3) is 11.6 Å². The van der Waals surface area contributed by atoms with Gasteiger partial charge in [-0.2, -0.15) is 0 Å². The lowest BCUT2D eigenvalue weighted by atomic mass is 10.1. The molecule has 0 aliphatic carbocycles. The van der Waals surface area contributed by atoms with Gasteiger partial charge in [0.25, 0.3) is 5.91 Å². The van der Waals surface area contributed by atoms with E-state index < -0.39 is 0 Å². The molecular weight excluding hydrogens is 240 g/mol. The fourth-order valence-electron chi connectivity index (χ4n) is 2.25. The maximum atomic E-state index is 12.0. The van der Waals surface area contributed by atoms with E-state index in [0.29, 0.717) is 17.2 Å². The van der Waals surface area contributed by atoms with E-state index in [-0.39, 0.29) is 5.91 Å². The van der Waals surface area contributed by atoms with Crippen LogP contribution in [0.3, 0.4) is 0 Å². The van der Waals surface area contributed by atoms with Crippen molar-refractivity contribution in [3.8, 4) is 0 Å². The van der Waals surface area contributed by atoms with Crippen LogP contribution in [0, 0.1) is 20.8 Å². The lowest BCUT2D eigenvalue weighted by Gasteiger charge is -1.98. The molecule has 1 aliphatic heterocycles. The second-order valence-corrected chi connectivity index (χ2v) is 4.74. The first-order valence-corrected chi connectivity index (χ1v) is 6.08. The van der Waals surface area contributed by atoms with E-state index in [0.717, 1.165) is 22.5 Å². The Balaban J connectivity index is 2.12. The maximum absolute atomic E-state index is 12.0. The molecule has 1 aliphatic rings. The predicted octanol–water partition coefficient (Wildman–Crippen LogP) is 2.22. The van der Waals surface area contributed by atoms with E-state index in [1.807, 2.05) is 26.0 Å². The Morgan fingerprint density at radius 2 is 2.05 bits per heavy atom. The molecule has 2 aromatic rings. The molecule has 0 bridgehead atoms. The van der Waals surface area contributed by atoms with Gasteiger partial charge in [0.05, 0.1) is 5.57 Å². The number of aryl methyl sites for hydroxylation is 3. The molecular formula is C14H14N4O. The Bertz CT molecular complexity index is 712. The van der Waals surface area contributed by atoms with Crippen LogP contribution >= 0.6 is 0 Å². The van der Waals surface area contributed by atoms with Gasteiger partial charge in [0, 0.05) is 23.1 Å². The van der Waals surface area contributed by atoms with Crippen molar-refractivity contribution in [1.29, 1.82) is 0 Å². The second-order valence-electron chi connectivity index (χ2n) is 4.74. The summed E-state index contributed by atoms with van der Waals surface area (Å²) in [6.45, 7) is 5.80. The number of amides is 1. The summed E-state index contributed by atoms with van der Waals surface area (Å²) >= 11 is 0. The zero-order valence-electron chi connectivity index (χ0n) is 11.0. The zero-order valence-corrected chi connectivity index (χ0v) is 11.0. The van der Waals surface area contributed by atoms with Crippen LogP contribution in [-0.4, -0.2) is 20.9 Å². The maximum Gasteiger partial charge on any atom is 0.257 e. The van der Waals surface area contributed by atoms with Gasteiger partial charge in [-0.25, -0.2) is 9.97 Å². The minimum atomic E-state index is -0.137. The molecule has 5 heteroatoms. The quantitative estimate of drug-likeness (QED) is 0.766. The summed E-state index contributed by atoms with van der Waals surface area (Å²) < 4.78 is 0. The SMILES string of the molecule is Cc1ncc2c(n1)NC(=O)C2=Cc1[nH]c(C)cc1C. The zero-order chi connectivity index (χ0) is 13.6. The van der Waals surface area contributed by atoms with E-state index in [1.54, 1.807) is 13.1 Å². The summed E-state index contributed by atoms with van der Waals surface area (Å²) in [4.78, 5) is 23.6. The minimum Gasteiger partial charge on any atom is -0.359 e. The van der Waals surface area contributed by atoms with Crippen molar-refractivity contribution < 1.29 is 4.79 Å². The van der Waals surface area contributed by atoms with Crippen LogP contribution in [0.5, 0.6) is 0 Å². The van der Waals surface area contributed by atoms with Crippen molar-refractivity contribution in [2.75, 3.05) is 5.32 Å². The Hall–Kier alpha value is -2.43. The Morgan fingerprint density at radius 1 is 1.26 bits per heavy atom. The standard InChI is InChI=1S/C14H14N4O/c1-7-4-8(2)16-12(7)5-10-11-6-15-9(3)17-13(11)18-14(10)19/h4-6,16H,1-3H3,(H,15,17,18,19). The van der Waals surface area contributed by atoms with Gasteiger partial charge in [-0.05, 0) is 38.5 Å². The fraction of sp³-hybridized carbons (Fsp3) is 0.214. The Kier molecular flexibility index (Phi) is 2.48. The number of H-pyrrole nitrogens is 1. The topological polar surface area (TPSA) is 70.7 Å². The number of hydrogen-bond donors (Lipinski definition) is 2. The third-order valence-corrected chi connectivity index (χ3v) is 3.15. The number of nitrogens with one attached hydrogen (secondary N) is 2. The van der Waals surface area contributed by atoms with Crippen LogP contribution in [0.1, 0.15) is 28.3 Å². The number of hydrogen-bond acceptors (Lipinski definition) is 3. The Morgan fingerprint density at radius 3 is 2.74 bits per heavy atom. The molecule has 0 saturated heterocycles. The second kappa shape index (κ2) is 4.05. The summed E-state index contributed by atoms with van der Waals surface area (Å²) in [5, 5.41) is 2.76. The molecule has 5 nitrogen and oxygen atoms in total. The van der Waals surface area contributed by atoms with Crippen molar-refractivity contribution in [2.45, 2.75) is 20.8 Å². The molecule has 0 fully saturated rings.